The number of thioether (sulfide) groups is 1. The highest BCUT2D eigenvalue weighted by atomic mass is 32.2. The van der Waals surface area contributed by atoms with Crippen molar-refractivity contribution in [1.29, 1.82) is 0 Å². The fourth-order valence-electron chi connectivity index (χ4n) is 3.19. The molecule has 1 fully saturated rings. The lowest BCUT2D eigenvalue weighted by molar-refractivity contribution is -0.123. The van der Waals surface area contributed by atoms with Crippen LogP contribution in [0.1, 0.15) is 38.7 Å². The lowest BCUT2D eigenvalue weighted by Gasteiger charge is -2.31. The van der Waals surface area contributed by atoms with Gasteiger partial charge in [-0.05, 0) is 23.8 Å². The van der Waals surface area contributed by atoms with E-state index in [1.165, 1.54) is 44.2 Å². The van der Waals surface area contributed by atoms with E-state index in [0.29, 0.717) is 6.42 Å². The van der Waals surface area contributed by atoms with Crippen molar-refractivity contribution in [2.75, 3.05) is 25.3 Å². The van der Waals surface area contributed by atoms with E-state index >= 15 is 0 Å². The Morgan fingerprint density at radius 3 is 2.25 bits per heavy atom. The molecular weight excluding hydrogens is 434 g/mol. The van der Waals surface area contributed by atoms with Crippen LogP contribution in [0.4, 0.5) is 5.69 Å². The van der Waals surface area contributed by atoms with E-state index < -0.39 is 17.4 Å². The molecule has 2 atom stereocenters. The van der Waals surface area contributed by atoms with Gasteiger partial charge in [0.25, 0.3) is 0 Å². The minimum Gasteiger partial charge on any atom is -0.465 e. The molecule has 2 unspecified atom stereocenters. The zero-order valence-corrected chi connectivity index (χ0v) is 18.4. The maximum absolute atomic E-state index is 12.5. The molecule has 1 aliphatic heterocycles. The first-order valence-electron chi connectivity index (χ1n) is 9.73. The third-order valence-electron chi connectivity index (χ3n) is 4.68. The Hall–Kier alpha value is -3.37. The minimum absolute atomic E-state index is 0.0233. The summed E-state index contributed by atoms with van der Waals surface area (Å²) in [6.07, 6.45) is 0.309. The fourth-order valence-corrected chi connectivity index (χ4v) is 4.06. The van der Waals surface area contributed by atoms with E-state index in [1.807, 2.05) is 30.3 Å². The first kappa shape index (κ1) is 23.3. The van der Waals surface area contributed by atoms with Crippen molar-refractivity contribution in [3.8, 4) is 0 Å². The molecule has 0 spiro atoms. The highest BCUT2D eigenvalue weighted by Gasteiger charge is 2.27. The summed E-state index contributed by atoms with van der Waals surface area (Å²) < 4.78 is 9.38. The SMILES string of the molecule is COC(=O)c1cc(NC(=O)CSC2NC(=O)CC(c3ccccc3)N2)cc(C(=O)OC)c1. The third kappa shape index (κ3) is 6.08. The number of hydrogen-bond donors (Lipinski definition) is 3. The van der Waals surface area contributed by atoms with E-state index in [1.54, 1.807) is 0 Å². The number of nitrogens with one attached hydrogen (secondary N) is 3. The Kier molecular flexibility index (Phi) is 7.85. The summed E-state index contributed by atoms with van der Waals surface area (Å²) in [5, 5.41) is 8.78. The lowest BCUT2D eigenvalue weighted by atomic mass is 10.0. The predicted octanol–water partition coefficient (Wildman–Crippen LogP) is 2.07. The zero-order valence-electron chi connectivity index (χ0n) is 17.5. The molecule has 0 radical (unpaired) electrons. The van der Waals surface area contributed by atoms with E-state index in [0.717, 1.165) is 5.56 Å². The molecule has 2 aromatic rings. The van der Waals surface area contributed by atoms with Gasteiger partial charge in [-0.3, -0.25) is 14.9 Å². The van der Waals surface area contributed by atoms with Crippen molar-refractivity contribution in [2.24, 2.45) is 0 Å². The molecule has 1 aliphatic rings. The summed E-state index contributed by atoms with van der Waals surface area (Å²) in [5.41, 5.74) is 1.00. The second-order valence-corrected chi connectivity index (χ2v) is 8.02. The second kappa shape index (κ2) is 10.8. The van der Waals surface area contributed by atoms with Crippen molar-refractivity contribution in [3.05, 3.63) is 65.2 Å². The van der Waals surface area contributed by atoms with Crippen molar-refractivity contribution in [3.63, 3.8) is 0 Å². The molecule has 0 bridgehead atoms. The summed E-state index contributed by atoms with van der Waals surface area (Å²) in [4.78, 5) is 48.4. The van der Waals surface area contributed by atoms with Gasteiger partial charge in [-0.2, -0.15) is 0 Å². The molecule has 3 rings (SSSR count). The van der Waals surface area contributed by atoms with Crippen LogP contribution in [-0.2, 0) is 19.1 Å². The molecular formula is C22H23N3O6S. The average molecular weight is 458 g/mol. The number of carbonyl (C=O) groups is 4. The number of rotatable bonds is 7. The van der Waals surface area contributed by atoms with Crippen molar-refractivity contribution >= 4 is 41.2 Å². The molecule has 168 valence electrons. The first-order valence-corrected chi connectivity index (χ1v) is 10.8. The largest absolute Gasteiger partial charge is 0.465 e. The molecule has 0 saturated carbocycles. The molecule has 2 aromatic carbocycles. The monoisotopic (exact) mass is 457 g/mol. The quantitative estimate of drug-likeness (QED) is 0.540. The van der Waals surface area contributed by atoms with Crippen LogP contribution < -0.4 is 16.0 Å². The maximum Gasteiger partial charge on any atom is 0.337 e. The fraction of sp³-hybridized carbons (Fsp3) is 0.273. The molecule has 9 nitrogen and oxygen atoms in total. The summed E-state index contributed by atoms with van der Waals surface area (Å²) in [6, 6.07) is 13.6. The van der Waals surface area contributed by atoms with Gasteiger partial charge in [0.15, 0.2) is 0 Å². The van der Waals surface area contributed by atoms with E-state index in [9.17, 15) is 19.2 Å². The number of hydrogen-bond acceptors (Lipinski definition) is 8. The van der Waals surface area contributed by atoms with Gasteiger partial charge in [0.1, 0.15) is 5.50 Å². The Labute approximate surface area is 189 Å². The predicted molar refractivity (Wildman–Crippen MR) is 119 cm³/mol. The highest BCUT2D eigenvalue weighted by Crippen LogP contribution is 2.23. The van der Waals surface area contributed by atoms with Gasteiger partial charge in [0.2, 0.25) is 11.8 Å². The molecule has 0 aliphatic carbocycles. The normalized spacial score (nSPS) is 17.8. The summed E-state index contributed by atoms with van der Waals surface area (Å²) in [6.45, 7) is 0. The summed E-state index contributed by atoms with van der Waals surface area (Å²) in [7, 11) is 2.44. The molecule has 1 saturated heterocycles. The van der Waals surface area contributed by atoms with Crippen LogP contribution in [0.25, 0.3) is 0 Å². The van der Waals surface area contributed by atoms with Gasteiger partial charge in [-0.1, -0.05) is 30.3 Å². The third-order valence-corrected chi connectivity index (χ3v) is 5.69. The van der Waals surface area contributed by atoms with E-state index in [-0.39, 0.29) is 40.4 Å². The topological polar surface area (TPSA) is 123 Å². The zero-order chi connectivity index (χ0) is 23.1. The van der Waals surface area contributed by atoms with Crippen LogP contribution in [0.15, 0.2) is 48.5 Å². The van der Waals surface area contributed by atoms with Crippen LogP contribution in [-0.4, -0.2) is 49.2 Å². The van der Waals surface area contributed by atoms with Crippen LogP contribution in [0, 0.1) is 0 Å². The van der Waals surface area contributed by atoms with E-state index in [2.05, 4.69) is 16.0 Å². The van der Waals surface area contributed by atoms with Gasteiger partial charge in [-0.25, -0.2) is 9.59 Å². The number of methoxy groups -OCH3 is 2. The minimum atomic E-state index is -0.651. The standard InChI is InChI=1S/C22H23N3O6S/c1-30-20(28)14-8-15(21(29)31-2)10-16(9-14)23-19(27)12-32-22-24-17(11-18(26)25-22)13-6-4-3-5-7-13/h3-10,17,22,24H,11-12H2,1-2H3,(H,23,27)(H,25,26). The summed E-state index contributed by atoms with van der Waals surface area (Å²) in [5.74, 6) is -1.76. The molecule has 0 aromatic heterocycles. The van der Waals surface area contributed by atoms with Crippen LogP contribution in [0.2, 0.25) is 0 Å². The number of carbonyl (C=O) groups excluding carboxylic acids is 4. The van der Waals surface area contributed by atoms with Crippen molar-refractivity contribution in [2.45, 2.75) is 18.0 Å². The molecule has 3 N–H and O–H groups in total. The molecule has 1 heterocycles. The van der Waals surface area contributed by atoms with Crippen LogP contribution in [0.3, 0.4) is 0 Å². The smallest absolute Gasteiger partial charge is 0.337 e. The highest BCUT2D eigenvalue weighted by molar-refractivity contribution is 8.00. The van der Waals surface area contributed by atoms with Gasteiger partial charge in [0, 0.05) is 18.2 Å². The van der Waals surface area contributed by atoms with Gasteiger partial charge in [0.05, 0.1) is 31.1 Å². The first-order chi connectivity index (χ1) is 15.4. The van der Waals surface area contributed by atoms with Gasteiger partial charge >= 0.3 is 11.9 Å². The second-order valence-electron chi connectivity index (χ2n) is 6.92. The maximum atomic E-state index is 12.5. The van der Waals surface area contributed by atoms with E-state index in [4.69, 9.17) is 9.47 Å². The number of benzene rings is 2. The Morgan fingerprint density at radius 2 is 1.66 bits per heavy atom. The number of esters is 2. The lowest BCUT2D eigenvalue weighted by Crippen LogP contribution is -2.51. The van der Waals surface area contributed by atoms with Gasteiger partial charge < -0.3 is 20.1 Å². The average Bonchev–Trinajstić information content (AvgIpc) is 2.81. The number of anilines is 1. The van der Waals surface area contributed by atoms with Crippen molar-refractivity contribution in [1.82, 2.24) is 10.6 Å². The van der Waals surface area contributed by atoms with Crippen LogP contribution in [0.5, 0.6) is 0 Å². The Bertz CT molecular complexity index is 980. The number of ether oxygens (including phenoxy) is 2. The molecule has 10 heteroatoms. The van der Waals surface area contributed by atoms with Gasteiger partial charge in [-0.15, -0.1) is 11.8 Å². The Balaban J connectivity index is 1.63. The van der Waals surface area contributed by atoms with Crippen LogP contribution >= 0.6 is 11.8 Å². The van der Waals surface area contributed by atoms with Crippen molar-refractivity contribution < 1.29 is 28.7 Å². The Morgan fingerprint density at radius 1 is 1.03 bits per heavy atom. The summed E-state index contributed by atoms with van der Waals surface area (Å²) >= 11 is 1.22. The molecule has 2 amide bonds. The molecule has 32 heavy (non-hydrogen) atoms. The number of amides is 2.